The number of carbonyl (C=O) groups excluding carboxylic acids is 1. The molecule has 0 bridgehead atoms. The summed E-state index contributed by atoms with van der Waals surface area (Å²) >= 11 is 6.53. The lowest BCUT2D eigenvalue weighted by atomic mass is 9.81. The summed E-state index contributed by atoms with van der Waals surface area (Å²) in [7, 11) is 0. The minimum atomic E-state index is -4.47. The predicted molar refractivity (Wildman–Crippen MR) is 136 cm³/mol. The van der Waals surface area contributed by atoms with Crippen molar-refractivity contribution in [3.05, 3.63) is 23.0 Å². The van der Waals surface area contributed by atoms with Crippen LogP contribution in [-0.4, -0.2) is 56.8 Å². The number of ether oxygens (including phenoxy) is 1. The molecule has 1 amide bonds. The van der Waals surface area contributed by atoms with E-state index in [4.69, 9.17) is 11.6 Å². The average Bonchev–Trinajstić information content (AvgIpc) is 3.12. The minimum absolute atomic E-state index is 0.0235. The molecule has 0 saturated heterocycles. The Labute approximate surface area is 228 Å². The Morgan fingerprint density at radius 1 is 1.31 bits per heavy atom. The molecule has 1 aliphatic rings. The van der Waals surface area contributed by atoms with E-state index in [1.807, 2.05) is 0 Å². The molecular formula is C25H33ClF5N5O3. The van der Waals surface area contributed by atoms with Crippen LogP contribution in [0.25, 0.3) is 11.3 Å². The van der Waals surface area contributed by atoms with E-state index >= 15 is 0 Å². The van der Waals surface area contributed by atoms with Crippen molar-refractivity contribution >= 4 is 23.3 Å². The number of pyridine rings is 1. The number of aliphatic hydroxyl groups excluding tert-OH is 1. The molecule has 0 spiro atoms. The van der Waals surface area contributed by atoms with E-state index in [2.05, 4.69) is 32.4 Å². The molecule has 1 saturated carbocycles. The van der Waals surface area contributed by atoms with Gasteiger partial charge in [-0.25, -0.2) is 4.98 Å². The number of nitrogens with zero attached hydrogens (tertiary/aromatic N) is 3. The number of aryl methyl sites for hydroxylation is 1. The highest BCUT2D eigenvalue weighted by Crippen LogP contribution is 2.39. The van der Waals surface area contributed by atoms with Gasteiger partial charge in [0.1, 0.15) is 11.6 Å². The van der Waals surface area contributed by atoms with Crippen molar-refractivity contribution in [1.29, 1.82) is 0 Å². The molecule has 2 aromatic heterocycles. The first kappa shape index (κ1) is 30.9. The number of nitrogens with one attached hydrogen (secondary N) is 2. The fourth-order valence-corrected chi connectivity index (χ4v) is 5.12. The van der Waals surface area contributed by atoms with Gasteiger partial charge >= 0.3 is 12.8 Å². The first-order valence-electron chi connectivity index (χ1n) is 12.6. The van der Waals surface area contributed by atoms with Crippen molar-refractivity contribution in [2.45, 2.75) is 84.4 Å². The number of aromatic nitrogens is 3. The Kier molecular flexibility index (Phi) is 9.69. The van der Waals surface area contributed by atoms with Crippen LogP contribution in [0.4, 0.5) is 27.8 Å². The lowest BCUT2D eigenvalue weighted by Crippen LogP contribution is -2.38. The number of anilines is 1. The van der Waals surface area contributed by atoms with E-state index in [1.165, 1.54) is 18.5 Å². The second-order valence-electron chi connectivity index (χ2n) is 10.5. The summed E-state index contributed by atoms with van der Waals surface area (Å²) in [5.41, 5.74) is -1.58. The molecule has 14 heteroatoms. The normalized spacial score (nSPS) is 20.3. The topological polar surface area (TPSA) is 101 Å². The number of carbonyl (C=O) groups is 1. The monoisotopic (exact) mass is 581 g/mol. The van der Waals surface area contributed by atoms with Gasteiger partial charge in [0.25, 0.3) is 5.91 Å². The van der Waals surface area contributed by atoms with Crippen molar-refractivity contribution in [2.24, 2.45) is 11.8 Å². The molecule has 3 N–H and O–H groups in total. The zero-order valence-electron chi connectivity index (χ0n) is 22.1. The number of halogens is 6. The summed E-state index contributed by atoms with van der Waals surface area (Å²) in [6.45, 7) is 3.51. The maximum atomic E-state index is 13.3. The lowest BCUT2D eigenvalue weighted by molar-refractivity contribution is -0.142. The maximum absolute atomic E-state index is 13.3. The minimum Gasteiger partial charge on any atom is -0.434 e. The van der Waals surface area contributed by atoms with Gasteiger partial charge in [0.2, 0.25) is 0 Å². The number of amides is 1. The molecule has 0 aliphatic heterocycles. The van der Waals surface area contributed by atoms with Crippen LogP contribution in [0.2, 0.25) is 5.02 Å². The van der Waals surface area contributed by atoms with Gasteiger partial charge in [-0.1, -0.05) is 24.9 Å². The summed E-state index contributed by atoms with van der Waals surface area (Å²) in [6.07, 6.45) is -2.74. The summed E-state index contributed by atoms with van der Waals surface area (Å²) < 4.78 is 71.4. The highest BCUT2D eigenvalue weighted by Gasteiger charge is 2.37. The van der Waals surface area contributed by atoms with Crippen LogP contribution < -0.4 is 15.4 Å². The van der Waals surface area contributed by atoms with E-state index in [-0.39, 0.29) is 46.8 Å². The van der Waals surface area contributed by atoms with Gasteiger partial charge in [-0.3, -0.25) is 9.48 Å². The van der Waals surface area contributed by atoms with Gasteiger partial charge in [0.05, 0.1) is 28.8 Å². The van der Waals surface area contributed by atoms with Crippen molar-refractivity contribution in [1.82, 2.24) is 20.1 Å². The van der Waals surface area contributed by atoms with Gasteiger partial charge in [0.15, 0.2) is 5.69 Å². The largest absolute Gasteiger partial charge is 0.434 e. The molecule has 2 aromatic rings. The van der Waals surface area contributed by atoms with Gasteiger partial charge in [-0.2, -0.15) is 27.1 Å². The van der Waals surface area contributed by atoms with E-state index < -0.39 is 42.5 Å². The first-order valence-corrected chi connectivity index (χ1v) is 13.0. The zero-order valence-corrected chi connectivity index (χ0v) is 22.8. The van der Waals surface area contributed by atoms with E-state index in [0.29, 0.717) is 12.3 Å². The van der Waals surface area contributed by atoms with Crippen LogP contribution in [0.15, 0.2) is 12.3 Å². The van der Waals surface area contributed by atoms with Crippen LogP contribution >= 0.6 is 11.6 Å². The summed E-state index contributed by atoms with van der Waals surface area (Å²) in [4.78, 5) is 17.0. The number of rotatable bonds is 10. The summed E-state index contributed by atoms with van der Waals surface area (Å²) in [6, 6.07) is 1.05. The zero-order chi connectivity index (χ0) is 29.1. The van der Waals surface area contributed by atoms with E-state index in [0.717, 1.165) is 25.1 Å². The molecule has 8 nitrogen and oxygen atoms in total. The third-order valence-corrected chi connectivity index (χ3v) is 6.96. The van der Waals surface area contributed by atoms with Crippen LogP contribution in [0, 0.1) is 11.8 Å². The van der Waals surface area contributed by atoms with Crippen molar-refractivity contribution in [2.75, 3.05) is 11.9 Å². The Balaban J connectivity index is 1.90. The van der Waals surface area contributed by atoms with Crippen LogP contribution in [0.5, 0.6) is 5.75 Å². The number of hydrogen-bond donors (Lipinski definition) is 3. The van der Waals surface area contributed by atoms with Crippen molar-refractivity contribution in [3.63, 3.8) is 0 Å². The average molecular weight is 582 g/mol. The van der Waals surface area contributed by atoms with Crippen LogP contribution in [0.3, 0.4) is 0 Å². The smallest absolute Gasteiger partial charge is 0.391 e. The molecule has 1 aliphatic carbocycles. The summed E-state index contributed by atoms with van der Waals surface area (Å²) in [5, 5.41) is 19.8. The molecule has 218 valence electrons. The quantitative estimate of drug-likeness (QED) is 0.303. The molecular weight excluding hydrogens is 549 g/mol. The Morgan fingerprint density at radius 3 is 2.59 bits per heavy atom. The highest BCUT2D eigenvalue weighted by atomic mass is 35.5. The molecule has 2 heterocycles. The third kappa shape index (κ3) is 8.17. The molecule has 0 unspecified atom stereocenters. The van der Waals surface area contributed by atoms with Crippen molar-refractivity contribution < 1.29 is 36.6 Å². The fourth-order valence-electron chi connectivity index (χ4n) is 4.80. The standard InChI is InChI=1S/C25H33ClF5N5O3/c1-5-36-21(19(26)20(35-36)22(38)33-10-14-7-6-13(2)8-16(14)37)15-11-32-18(9-17(15)39-23(27)28)34-24(3,4)12-25(29,30)31/h9,11,13-14,16,23,37H,5-8,10,12H2,1-4H3,(H,32,34)(H,33,38)/t13-,14+,16-/m0/s1. The second kappa shape index (κ2) is 12.2. The van der Waals surface area contributed by atoms with Crippen LogP contribution in [0.1, 0.15) is 63.9 Å². The van der Waals surface area contributed by atoms with Crippen molar-refractivity contribution in [3.8, 4) is 17.0 Å². The van der Waals surface area contributed by atoms with Gasteiger partial charge in [-0.15, -0.1) is 0 Å². The molecule has 39 heavy (non-hydrogen) atoms. The van der Waals surface area contributed by atoms with Crippen LogP contribution in [-0.2, 0) is 6.54 Å². The van der Waals surface area contributed by atoms with Gasteiger partial charge in [-0.05, 0) is 39.5 Å². The molecule has 3 atom stereocenters. The number of alkyl halides is 5. The van der Waals surface area contributed by atoms with E-state index in [9.17, 15) is 31.9 Å². The SMILES string of the molecule is CCn1nc(C(=O)NC[C@H]2CC[C@H](C)C[C@@H]2O)c(Cl)c1-c1cnc(NC(C)(C)CC(F)(F)F)cc1OC(F)F. The fraction of sp³-hybridized carbons (Fsp3) is 0.640. The molecule has 1 fully saturated rings. The highest BCUT2D eigenvalue weighted by molar-refractivity contribution is 6.36. The molecule has 0 radical (unpaired) electrons. The third-order valence-electron chi connectivity index (χ3n) is 6.60. The molecule has 3 rings (SSSR count). The Bertz CT molecular complexity index is 1160. The first-order chi connectivity index (χ1) is 18.1. The predicted octanol–water partition coefficient (Wildman–Crippen LogP) is 5.89. The number of aliphatic hydroxyl groups is 1. The molecule has 0 aromatic carbocycles. The Hall–Kier alpha value is -2.67. The van der Waals surface area contributed by atoms with Gasteiger partial charge in [0, 0.05) is 36.8 Å². The summed E-state index contributed by atoms with van der Waals surface area (Å²) in [5.74, 6) is -0.849. The van der Waals surface area contributed by atoms with E-state index in [1.54, 1.807) is 6.92 Å². The lowest BCUT2D eigenvalue weighted by Gasteiger charge is -2.31. The number of hydrogen-bond acceptors (Lipinski definition) is 6. The Morgan fingerprint density at radius 2 is 2.00 bits per heavy atom. The maximum Gasteiger partial charge on any atom is 0.391 e. The van der Waals surface area contributed by atoms with Gasteiger partial charge < -0.3 is 20.5 Å². The second-order valence-corrected chi connectivity index (χ2v) is 10.9.